The monoisotopic (exact) mass is 506 g/mol. The number of para-hydroxylation sites is 2. The number of anilines is 2. The summed E-state index contributed by atoms with van der Waals surface area (Å²) >= 11 is 0. The summed E-state index contributed by atoms with van der Waals surface area (Å²) in [5.74, 6) is -0.373. The fourth-order valence-corrected chi connectivity index (χ4v) is 5.74. The molecule has 6 nitrogen and oxygen atoms in total. The highest BCUT2D eigenvalue weighted by Crippen LogP contribution is 2.60. The number of ether oxygens (including phenoxy) is 1. The van der Waals surface area contributed by atoms with E-state index < -0.39 is 17.7 Å². The molecule has 2 aliphatic heterocycles. The van der Waals surface area contributed by atoms with Crippen LogP contribution in [-0.4, -0.2) is 24.2 Å². The molecule has 6 heteroatoms. The Kier molecular flexibility index (Phi) is 6.58. The van der Waals surface area contributed by atoms with E-state index in [0.29, 0.717) is 6.42 Å². The number of hydrogen-bond donors (Lipinski definition) is 0. The summed E-state index contributed by atoms with van der Waals surface area (Å²) in [6, 6.07) is 40.2. The van der Waals surface area contributed by atoms with Gasteiger partial charge in [0.25, 0.3) is 0 Å². The molecule has 2 heterocycles. The molecule has 4 aromatic carbocycles. The molecule has 2 aliphatic rings. The van der Waals surface area contributed by atoms with E-state index in [0.717, 1.165) is 22.5 Å². The molecule has 192 valence electrons. The Morgan fingerprint density at radius 1 is 0.763 bits per heavy atom. The molecule has 0 bridgehead atoms. The predicted octanol–water partition coefficient (Wildman–Crippen LogP) is 6.43. The Labute approximate surface area is 222 Å². The summed E-state index contributed by atoms with van der Waals surface area (Å²) in [7, 11) is 0. The van der Waals surface area contributed by atoms with E-state index in [-0.39, 0.29) is 18.6 Å². The maximum absolute atomic E-state index is 13.2. The van der Waals surface area contributed by atoms with Gasteiger partial charge in [0.05, 0.1) is 18.0 Å². The van der Waals surface area contributed by atoms with Crippen LogP contribution >= 0.6 is 0 Å². The van der Waals surface area contributed by atoms with Gasteiger partial charge in [0.1, 0.15) is 17.7 Å². The van der Waals surface area contributed by atoms with Crippen LogP contribution in [0.1, 0.15) is 36.6 Å². The fraction of sp³-hybridized carbons (Fsp3) is 0.219. The van der Waals surface area contributed by atoms with Crippen molar-refractivity contribution in [3.63, 3.8) is 0 Å². The second kappa shape index (κ2) is 10.3. The first kappa shape index (κ1) is 24.2. The Balaban J connectivity index is 1.60. The van der Waals surface area contributed by atoms with Gasteiger partial charge in [0.2, 0.25) is 0 Å². The number of esters is 1. The standard InChI is InChI=1S/C32H30N2O4/c1-2-36-31(35)28-23-32(34(37-28)27-21-13-6-14-22-27)29(24-15-7-3-8-16-24)33(26-19-11-5-12-20-26)38-30(32)25-17-9-4-10-18-25/h3-22,28-30H,2,23H2,1H3/t28-,29-,30-,32+/m0/s1. The summed E-state index contributed by atoms with van der Waals surface area (Å²) in [6.07, 6.45) is -0.857. The SMILES string of the molecule is CCOC(=O)[C@@H]1C[C@]2([C@H](c3ccccc3)N(c3ccccc3)O[C@H]2c2ccccc2)N(c2ccccc2)O1. The lowest BCUT2D eigenvalue weighted by Gasteiger charge is -2.41. The molecule has 0 radical (unpaired) electrons. The number of nitrogens with zero attached hydrogens (tertiary/aromatic N) is 2. The summed E-state index contributed by atoms with van der Waals surface area (Å²) in [4.78, 5) is 26.6. The molecular weight excluding hydrogens is 476 g/mol. The van der Waals surface area contributed by atoms with Crippen LogP contribution in [0.4, 0.5) is 11.4 Å². The van der Waals surface area contributed by atoms with Crippen molar-refractivity contribution in [2.24, 2.45) is 0 Å². The van der Waals surface area contributed by atoms with Gasteiger partial charge in [-0.15, -0.1) is 0 Å². The average Bonchev–Trinajstić information content (AvgIpc) is 3.54. The third-order valence-electron chi connectivity index (χ3n) is 7.27. The number of hydroxylamine groups is 2. The zero-order valence-corrected chi connectivity index (χ0v) is 21.2. The third kappa shape index (κ3) is 4.12. The lowest BCUT2D eigenvalue weighted by atomic mass is 9.75. The number of hydrogen-bond acceptors (Lipinski definition) is 6. The van der Waals surface area contributed by atoms with E-state index in [2.05, 4.69) is 24.3 Å². The lowest BCUT2D eigenvalue weighted by Crippen LogP contribution is -2.51. The predicted molar refractivity (Wildman–Crippen MR) is 146 cm³/mol. The van der Waals surface area contributed by atoms with Gasteiger partial charge >= 0.3 is 5.97 Å². The average molecular weight is 507 g/mol. The number of rotatable bonds is 6. The van der Waals surface area contributed by atoms with Gasteiger partial charge in [0, 0.05) is 6.42 Å². The molecule has 1 spiro atoms. The maximum Gasteiger partial charge on any atom is 0.338 e. The molecule has 6 rings (SSSR count). The summed E-state index contributed by atoms with van der Waals surface area (Å²) in [6.45, 7) is 2.10. The van der Waals surface area contributed by atoms with Crippen molar-refractivity contribution in [3.8, 4) is 0 Å². The number of carbonyl (C=O) groups excluding carboxylic acids is 1. The van der Waals surface area contributed by atoms with Crippen molar-refractivity contribution in [2.45, 2.75) is 37.1 Å². The van der Waals surface area contributed by atoms with Gasteiger partial charge in [-0.25, -0.2) is 14.9 Å². The van der Waals surface area contributed by atoms with Crippen LogP contribution in [0.2, 0.25) is 0 Å². The first-order valence-corrected chi connectivity index (χ1v) is 13.0. The van der Waals surface area contributed by atoms with Crippen LogP contribution in [0.5, 0.6) is 0 Å². The molecule has 38 heavy (non-hydrogen) atoms. The van der Waals surface area contributed by atoms with Gasteiger partial charge < -0.3 is 4.74 Å². The normalized spacial score (nSPS) is 24.6. The Morgan fingerprint density at radius 3 is 1.87 bits per heavy atom. The van der Waals surface area contributed by atoms with Gasteiger partial charge in [-0.1, -0.05) is 97.1 Å². The highest BCUT2D eigenvalue weighted by atomic mass is 16.7. The molecular formula is C32H30N2O4. The van der Waals surface area contributed by atoms with E-state index in [4.69, 9.17) is 14.4 Å². The fourth-order valence-electron chi connectivity index (χ4n) is 5.74. The Morgan fingerprint density at radius 2 is 1.29 bits per heavy atom. The maximum atomic E-state index is 13.2. The van der Waals surface area contributed by atoms with E-state index >= 15 is 0 Å². The van der Waals surface area contributed by atoms with Crippen molar-refractivity contribution < 1.29 is 19.2 Å². The van der Waals surface area contributed by atoms with Gasteiger partial charge in [0.15, 0.2) is 6.10 Å². The van der Waals surface area contributed by atoms with Crippen LogP contribution in [-0.2, 0) is 19.2 Å². The van der Waals surface area contributed by atoms with Gasteiger partial charge in [-0.05, 0) is 42.3 Å². The first-order valence-electron chi connectivity index (χ1n) is 13.0. The van der Waals surface area contributed by atoms with Crippen molar-refractivity contribution in [1.29, 1.82) is 0 Å². The smallest absolute Gasteiger partial charge is 0.338 e. The second-order valence-corrected chi connectivity index (χ2v) is 9.54. The number of carbonyl (C=O) groups is 1. The van der Waals surface area contributed by atoms with Crippen molar-refractivity contribution in [1.82, 2.24) is 0 Å². The highest BCUT2D eigenvalue weighted by Gasteiger charge is 2.66. The lowest BCUT2D eigenvalue weighted by molar-refractivity contribution is -0.154. The molecule has 0 aromatic heterocycles. The molecule has 0 aliphatic carbocycles. The second-order valence-electron chi connectivity index (χ2n) is 9.54. The van der Waals surface area contributed by atoms with Gasteiger partial charge in [-0.2, -0.15) is 0 Å². The molecule has 0 N–H and O–H groups in total. The van der Waals surface area contributed by atoms with Crippen LogP contribution in [0.25, 0.3) is 0 Å². The minimum Gasteiger partial charge on any atom is -0.464 e. The van der Waals surface area contributed by atoms with Gasteiger partial charge in [-0.3, -0.25) is 9.68 Å². The topological polar surface area (TPSA) is 51.2 Å². The van der Waals surface area contributed by atoms with E-state index in [1.54, 1.807) is 0 Å². The summed E-state index contributed by atoms with van der Waals surface area (Å²) < 4.78 is 5.46. The van der Waals surface area contributed by atoms with Crippen LogP contribution in [0, 0.1) is 0 Å². The first-order chi connectivity index (χ1) is 18.7. The van der Waals surface area contributed by atoms with E-state index in [9.17, 15) is 4.79 Å². The van der Waals surface area contributed by atoms with E-state index in [1.807, 2.05) is 114 Å². The highest BCUT2D eigenvalue weighted by molar-refractivity contribution is 5.76. The van der Waals surface area contributed by atoms with E-state index in [1.165, 1.54) is 0 Å². The molecule has 4 atom stereocenters. The third-order valence-corrected chi connectivity index (χ3v) is 7.27. The zero-order valence-electron chi connectivity index (χ0n) is 21.2. The molecule has 2 fully saturated rings. The van der Waals surface area contributed by atoms with Crippen LogP contribution in [0.15, 0.2) is 121 Å². The molecule has 2 saturated heterocycles. The largest absolute Gasteiger partial charge is 0.464 e. The van der Waals surface area contributed by atoms with Crippen molar-refractivity contribution >= 4 is 17.3 Å². The molecule has 4 aromatic rings. The molecule has 0 amide bonds. The molecule has 0 saturated carbocycles. The Bertz CT molecular complexity index is 1350. The quantitative estimate of drug-likeness (QED) is 0.281. The van der Waals surface area contributed by atoms with Crippen molar-refractivity contribution in [3.05, 3.63) is 132 Å². The summed E-state index contributed by atoms with van der Waals surface area (Å²) in [5, 5.41) is 3.90. The minimum atomic E-state index is -0.808. The zero-order chi connectivity index (χ0) is 26.0. The molecule has 0 unspecified atom stereocenters. The van der Waals surface area contributed by atoms with Crippen LogP contribution in [0.3, 0.4) is 0 Å². The van der Waals surface area contributed by atoms with Crippen LogP contribution < -0.4 is 10.1 Å². The summed E-state index contributed by atoms with van der Waals surface area (Å²) in [5.41, 5.74) is 3.02. The Hall–Kier alpha value is -4.13. The number of benzene rings is 4. The van der Waals surface area contributed by atoms with Crippen molar-refractivity contribution in [2.75, 3.05) is 16.7 Å². The minimum absolute atomic E-state index is 0.286.